The maximum absolute atomic E-state index is 13.1. The van der Waals surface area contributed by atoms with Crippen LogP contribution in [0.25, 0.3) is 0 Å². The predicted octanol–water partition coefficient (Wildman–Crippen LogP) is 4.18. The Hall–Kier alpha value is -3.47. The molecule has 3 aromatic carbocycles. The van der Waals surface area contributed by atoms with Gasteiger partial charge in [-0.2, -0.15) is 0 Å². The van der Waals surface area contributed by atoms with Crippen LogP contribution in [0.1, 0.15) is 15.9 Å². The number of nitrogens with zero attached hydrogens (tertiary/aromatic N) is 1. The predicted molar refractivity (Wildman–Crippen MR) is 111 cm³/mol. The highest BCUT2D eigenvalue weighted by Crippen LogP contribution is 2.31. The van der Waals surface area contributed by atoms with E-state index in [0.29, 0.717) is 31.1 Å². The number of carbonyl (C=O) groups is 1. The van der Waals surface area contributed by atoms with Crippen LogP contribution in [0.2, 0.25) is 0 Å². The van der Waals surface area contributed by atoms with E-state index in [1.807, 2.05) is 78.9 Å². The fourth-order valence-electron chi connectivity index (χ4n) is 3.28. The molecule has 0 aromatic heterocycles. The normalized spacial score (nSPS) is 14.9. The van der Waals surface area contributed by atoms with Crippen LogP contribution in [0.3, 0.4) is 0 Å². The second-order valence-electron chi connectivity index (χ2n) is 6.94. The number of fused-ring (bicyclic) bond motifs is 1. The van der Waals surface area contributed by atoms with Crippen LogP contribution in [0.15, 0.2) is 78.9 Å². The maximum atomic E-state index is 13.1. The molecule has 0 N–H and O–H groups in total. The lowest BCUT2D eigenvalue weighted by Crippen LogP contribution is -2.42. The molecule has 1 amide bonds. The van der Waals surface area contributed by atoms with Crippen molar-refractivity contribution in [2.75, 3.05) is 20.2 Å². The number of benzene rings is 3. The van der Waals surface area contributed by atoms with Crippen molar-refractivity contribution >= 4 is 5.91 Å². The Morgan fingerprint density at radius 3 is 2.48 bits per heavy atom. The van der Waals surface area contributed by atoms with Crippen molar-refractivity contribution in [3.63, 3.8) is 0 Å². The molecular formula is C24H23NO4. The fourth-order valence-corrected chi connectivity index (χ4v) is 3.28. The lowest BCUT2D eigenvalue weighted by atomic mass is 10.1. The van der Waals surface area contributed by atoms with E-state index in [1.165, 1.54) is 0 Å². The summed E-state index contributed by atoms with van der Waals surface area (Å²) in [5.41, 5.74) is 1.47. The summed E-state index contributed by atoms with van der Waals surface area (Å²) in [4.78, 5) is 14.7. The number of carbonyl (C=O) groups excluding carboxylic acids is 1. The Morgan fingerprint density at radius 1 is 0.966 bits per heavy atom. The van der Waals surface area contributed by atoms with Gasteiger partial charge in [0.2, 0.25) is 0 Å². The molecule has 0 spiro atoms. The van der Waals surface area contributed by atoms with E-state index >= 15 is 0 Å². The average Bonchev–Trinajstić information content (AvgIpc) is 2.78. The smallest absolute Gasteiger partial charge is 0.254 e. The van der Waals surface area contributed by atoms with Crippen LogP contribution in [0.4, 0.5) is 0 Å². The van der Waals surface area contributed by atoms with Crippen molar-refractivity contribution in [3.8, 4) is 17.2 Å². The molecule has 0 saturated heterocycles. The SMILES string of the molecule is CN(C[C@@H]1COc2ccccc2O1)C(=O)c1ccccc1COc1ccccc1. The number of rotatable bonds is 6. The number of hydrogen-bond acceptors (Lipinski definition) is 4. The lowest BCUT2D eigenvalue weighted by molar-refractivity contribution is 0.0519. The van der Waals surface area contributed by atoms with Crippen molar-refractivity contribution in [3.05, 3.63) is 90.0 Å². The van der Waals surface area contributed by atoms with Gasteiger partial charge in [0, 0.05) is 18.2 Å². The average molecular weight is 389 g/mol. The number of likely N-dealkylation sites (N-methyl/N-ethyl adjacent to an activating group) is 1. The molecule has 29 heavy (non-hydrogen) atoms. The molecule has 3 aromatic rings. The van der Waals surface area contributed by atoms with E-state index in [9.17, 15) is 4.79 Å². The molecule has 0 unspecified atom stereocenters. The fraction of sp³-hybridized carbons (Fsp3) is 0.208. The van der Waals surface area contributed by atoms with Crippen molar-refractivity contribution < 1.29 is 19.0 Å². The zero-order valence-electron chi connectivity index (χ0n) is 16.3. The minimum atomic E-state index is -0.216. The first-order valence-corrected chi connectivity index (χ1v) is 9.60. The number of amides is 1. The summed E-state index contributed by atoms with van der Waals surface area (Å²) < 4.78 is 17.6. The zero-order valence-corrected chi connectivity index (χ0v) is 16.3. The van der Waals surface area contributed by atoms with Crippen LogP contribution in [-0.4, -0.2) is 37.1 Å². The van der Waals surface area contributed by atoms with Crippen molar-refractivity contribution in [1.29, 1.82) is 0 Å². The second-order valence-corrected chi connectivity index (χ2v) is 6.94. The van der Waals surface area contributed by atoms with Crippen LogP contribution < -0.4 is 14.2 Å². The van der Waals surface area contributed by atoms with E-state index in [-0.39, 0.29) is 12.0 Å². The molecule has 0 aliphatic carbocycles. The molecule has 0 saturated carbocycles. The molecular weight excluding hydrogens is 366 g/mol. The second kappa shape index (κ2) is 8.69. The summed E-state index contributed by atoms with van der Waals surface area (Å²) in [5, 5.41) is 0. The van der Waals surface area contributed by atoms with E-state index in [4.69, 9.17) is 14.2 Å². The first-order chi connectivity index (χ1) is 14.2. The van der Waals surface area contributed by atoms with Crippen molar-refractivity contribution in [2.45, 2.75) is 12.7 Å². The molecule has 0 bridgehead atoms. The molecule has 5 heteroatoms. The van der Waals surface area contributed by atoms with Gasteiger partial charge in [-0.05, 0) is 30.3 Å². The molecule has 0 fully saturated rings. The first-order valence-electron chi connectivity index (χ1n) is 9.60. The Labute approximate surface area is 170 Å². The summed E-state index contributed by atoms with van der Waals surface area (Å²) in [6, 6.07) is 24.7. The van der Waals surface area contributed by atoms with Crippen molar-refractivity contribution in [2.24, 2.45) is 0 Å². The van der Waals surface area contributed by atoms with Gasteiger partial charge in [-0.15, -0.1) is 0 Å². The van der Waals surface area contributed by atoms with E-state index < -0.39 is 0 Å². The molecule has 1 atom stereocenters. The Bertz CT molecular complexity index is 973. The third-order valence-corrected chi connectivity index (χ3v) is 4.78. The van der Waals surface area contributed by atoms with E-state index in [2.05, 4.69) is 0 Å². The van der Waals surface area contributed by atoms with Crippen molar-refractivity contribution in [1.82, 2.24) is 4.90 Å². The van der Waals surface area contributed by atoms with Gasteiger partial charge in [0.25, 0.3) is 5.91 Å². The molecule has 4 rings (SSSR count). The summed E-state index contributed by atoms with van der Waals surface area (Å²) >= 11 is 0. The largest absolute Gasteiger partial charge is 0.489 e. The molecule has 0 radical (unpaired) electrons. The minimum absolute atomic E-state index is 0.0697. The summed E-state index contributed by atoms with van der Waals surface area (Å²) in [7, 11) is 1.78. The molecule has 5 nitrogen and oxygen atoms in total. The highest BCUT2D eigenvalue weighted by atomic mass is 16.6. The Balaban J connectivity index is 1.41. The number of para-hydroxylation sites is 3. The number of hydrogen-bond donors (Lipinski definition) is 0. The van der Waals surface area contributed by atoms with Crippen LogP contribution in [-0.2, 0) is 6.61 Å². The van der Waals surface area contributed by atoms with Crippen LogP contribution in [0, 0.1) is 0 Å². The highest BCUT2D eigenvalue weighted by molar-refractivity contribution is 5.95. The van der Waals surface area contributed by atoms with E-state index in [0.717, 1.165) is 17.1 Å². The zero-order chi connectivity index (χ0) is 20.1. The van der Waals surface area contributed by atoms with Gasteiger partial charge < -0.3 is 19.1 Å². The monoisotopic (exact) mass is 389 g/mol. The first kappa shape index (κ1) is 18.9. The van der Waals surface area contributed by atoms with Gasteiger partial charge in [0.05, 0.1) is 6.54 Å². The van der Waals surface area contributed by atoms with Gasteiger partial charge in [-0.3, -0.25) is 4.79 Å². The Morgan fingerprint density at radius 2 is 1.66 bits per heavy atom. The van der Waals surface area contributed by atoms with Gasteiger partial charge in [0.1, 0.15) is 19.0 Å². The standard InChI is InChI=1S/C24H23NO4/c1-25(15-20-17-28-22-13-7-8-14-23(22)29-20)24(26)21-12-6-5-9-18(21)16-27-19-10-3-2-4-11-19/h2-14,20H,15-17H2,1H3/t20-/m1/s1. The topological polar surface area (TPSA) is 48.0 Å². The maximum Gasteiger partial charge on any atom is 0.254 e. The summed E-state index contributed by atoms with van der Waals surface area (Å²) in [6.45, 7) is 1.17. The Kier molecular flexibility index (Phi) is 5.66. The molecule has 1 aliphatic rings. The van der Waals surface area contributed by atoms with Gasteiger partial charge in [0.15, 0.2) is 17.6 Å². The van der Waals surface area contributed by atoms with Gasteiger partial charge >= 0.3 is 0 Å². The third-order valence-electron chi connectivity index (χ3n) is 4.78. The molecule has 1 aliphatic heterocycles. The van der Waals surface area contributed by atoms with Crippen LogP contribution in [0.5, 0.6) is 17.2 Å². The third kappa shape index (κ3) is 4.51. The molecule has 148 valence electrons. The quantitative estimate of drug-likeness (QED) is 0.635. The minimum Gasteiger partial charge on any atom is -0.489 e. The van der Waals surface area contributed by atoms with Gasteiger partial charge in [-0.25, -0.2) is 0 Å². The highest BCUT2D eigenvalue weighted by Gasteiger charge is 2.25. The molecule has 1 heterocycles. The van der Waals surface area contributed by atoms with Gasteiger partial charge in [-0.1, -0.05) is 48.5 Å². The summed E-state index contributed by atoms with van der Waals surface area (Å²) in [5.74, 6) is 2.15. The lowest BCUT2D eigenvalue weighted by Gasteiger charge is -2.30. The number of ether oxygens (including phenoxy) is 3. The summed E-state index contributed by atoms with van der Waals surface area (Å²) in [6.07, 6.45) is -0.216. The van der Waals surface area contributed by atoms with E-state index in [1.54, 1.807) is 11.9 Å². The van der Waals surface area contributed by atoms with Crippen LogP contribution >= 0.6 is 0 Å².